The zero-order chi connectivity index (χ0) is 22.8. The van der Waals surface area contributed by atoms with Crippen molar-refractivity contribution < 1.29 is 9.53 Å². The highest BCUT2D eigenvalue weighted by atomic mass is 16.5. The van der Waals surface area contributed by atoms with Gasteiger partial charge in [-0.25, -0.2) is 0 Å². The molecule has 0 fully saturated rings. The van der Waals surface area contributed by atoms with Crippen LogP contribution in [-0.4, -0.2) is 12.6 Å². The number of carbonyl (C=O) groups excluding carboxylic acids is 1. The number of hydrogen-bond acceptors (Lipinski definition) is 2. The van der Waals surface area contributed by atoms with Crippen LogP contribution in [0.2, 0.25) is 0 Å². The standard InChI is InChI=1S/C12H24O2.2C8H10/c1-4-7-9-11(6-3)10-14-12(13)8-5-2;1-7-3-5-8(2)6-4-7;1-7-4-3-5-8(2)6-7/h11H,4-10H2,1-3H3;2*3-6H,1-2H3. The smallest absolute Gasteiger partial charge is 0.305 e. The predicted octanol–water partition coefficient (Wildman–Crippen LogP) is 8.15. The summed E-state index contributed by atoms with van der Waals surface area (Å²) in [6.07, 6.45) is 6.20. The largest absolute Gasteiger partial charge is 0.465 e. The first kappa shape index (κ1) is 27.9. The summed E-state index contributed by atoms with van der Waals surface area (Å²) in [5.74, 6) is 0.526. The van der Waals surface area contributed by atoms with Crippen LogP contribution >= 0.6 is 0 Å². The number of hydrogen-bond donors (Lipinski definition) is 0. The van der Waals surface area contributed by atoms with Crippen LogP contribution in [0.5, 0.6) is 0 Å². The van der Waals surface area contributed by atoms with Gasteiger partial charge in [0.15, 0.2) is 0 Å². The topological polar surface area (TPSA) is 26.3 Å². The van der Waals surface area contributed by atoms with Crippen LogP contribution in [0.25, 0.3) is 0 Å². The van der Waals surface area contributed by atoms with Crippen molar-refractivity contribution in [1.82, 2.24) is 0 Å². The molecule has 0 saturated carbocycles. The summed E-state index contributed by atoms with van der Waals surface area (Å²) in [7, 11) is 0. The third-order valence-corrected chi connectivity index (χ3v) is 4.87. The Morgan fingerprint density at radius 3 is 1.70 bits per heavy atom. The first-order valence-corrected chi connectivity index (χ1v) is 11.5. The van der Waals surface area contributed by atoms with Crippen LogP contribution < -0.4 is 0 Å². The quantitative estimate of drug-likeness (QED) is 0.409. The van der Waals surface area contributed by atoms with E-state index in [1.54, 1.807) is 0 Å². The van der Waals surface area contributed by atoms with Gasteiger partial charge in [-0.15, -0.1) is 0 Å². The lowest BCUT2D eigenvalue weighted by atomic mass is 10.0. The van der Waals surface area contributed by atoms with Gasteiger partial charge in [0.05, 0.1) is 6.61 Å². The van der Waals surface area contributed by atoms with Crippen molar-refractivity contribution in [2.45, 2.75) is 87.0 Å². The van der Waals surface area contributed by atoms with Crippen LogP contribution in [-0.2, 0) is 9.53 Å². The molecule has 0 bridgehead atoms. The summed E-state index contributed by atoms with van der Waals surface area (Å²) in [5, 5.41) is 0. The van der Waals surface area contributed by atoms with Crippen LogP contribution in [0, 0.1) is 33.6 Å². The maximum absolute atomic E-state index is 11.1. The zero-order valence-corrected chi connectivity index (χ0v) is 20.5. The monoisotopic (exact) mass is 412 g/mol. The lowest BCUT2D eigenvalue weighted by molar-refractivity contribution is -0.145. The van der Waals surface area contributed by atoms with E-state index in [2.05, 4.69) is 90.1 Å². The fourth-order valence-corrected chi connectivity index (χ4v) is 2.83. The summed E-state index contributed by atoms with van der Waals surface area (Å²) in [5.41, 5.74) is 5.33. The molecule has 0 radical (unpaired) electrons. The van der Waals surface area contributed by atoms with Gasteiger partial charge < -0.3 is 4.74 Å². The molecule has 2 rings (SSSR count). The average molecular weight is 413 g/mol. The molecule has 1 unspecified atom stereocenters. The lowest BCUT2D eigenvalue weighted by Gasteiger charge is -2.14. The second-order valence-corrected chi connectivity index (χ2v) is 8.16. The highest BCUT2D eigenvalue weighted by Gasteiger charge is 2.08. The molecule has 2 nitrogen and oxygen atoms in total. The van der Waals surface area contributed by atoms with Gasteiger partial charge in [0, 0.05) is 6.42 Å². The second kappa shape index (κ2) is 17.7. The number of ether oxygens (including phenoxy) is 1. The summed E-state index contributed by atoms with van der Waals surface area (Å²) in [6, 6.07) is 16.9. The molecule has 1 atom stereocenters. The van der Waals surface area contributed by atoms with Crippen LogP contribution in [0.1, 0.15) is 81.5 Å². The highest BCUT2D eigenvalue weighted by molar-refractivity contribution is 5.69. The molecule has 2 aromatic carbocycles. The van der Waals surface area contributed by atoms with Gasteiger partial charge in [0.2, 0.25) is 0 Å². The summed E-state index contributed by atoms with van der Waals surface area (Å²) < 4.78 is 5.19. The molecular formula is C28H44O2. The zero-order valence-electron chi connectivity index (χ0n) is 20.5. The summed E-state index contributed by atoms with van der Waals surface area (Å²) >= 11 is 0. The Morgan fingerprint density at radius 2 is 1.33 bits per heavy atom. The number of aryl methyl sites for hydroxylation is 4. The van der Waals surface area contributed by atoms with E-state index >= 15 is 0 Å². The van der Waals surface area contributed by atoms with Crippen LogP contribution in [0.4, 0.5) is 0 Å². The van der Waals surface area contributed by atoms with E-state index in [-0.39, 0.29) is 5.97 Å². The molecule has 0 aliphatic rings. The number of carbonyl (C=O) groups is 1. The minimum absolute atomic E-state index is 0.0394. The Hall–Kier alpha value is -2.09. The van der Waals surface area contributed by atoms with E-state index in [4.69, 9.17) is 4.74 Å². The molecule has 0 spiro atoms. The normalized spacial score (nSPS) is 10.8. The van der Waals surface area contributed by atoms with Crippen molar-refractivity contribution in [3.05, 3.63) is 70.8 Å². The molecule has 2 heteroatoms. The van der Waals surface area contributed by atoms with Crippen LogP contribution in [0.3, 0.4) is 0 Å². The van der Waals surface area contributed by atoms with Crippen molar-refractivity contribution in [2.75, 3.05) is 6.61 Å². The van der Waals surface area contributed by atoms with Gasteiger partial charge in [-0.2, -0.15) is 0 Å². The summed E-state index contributed by atoms with van der Waals surface area (Å²) in [6.45, 7) is 15.4. The van der Waals surface area contributed by atoms with Crippen LogP contribution in [0.15, 0.2) is 48.5 Å². The third-order valence-electron chi connectivity index (χ3n) is 4.87. The van der Waals surface area contributed by atoms with E-state index in [1.807, 2.05) is 6.92 Å². The molecule has 0 aromatic heterocycles. The van der Waals surface area contributed by atoms with Crippen molar-refractivity contribution in [1.29, 1.82) is 0 Å². The lowest BCUT2D eigenvalue weighted by Crippen LogP contribution is -2.13. The SMILES string of the molecule is CCCCC(CC)COC(=O)CCC.Cc1ccc(C)cc1.Cc1cccc(C)c1. The van der Waals surface area contributed by atoms with Crippen molar-refractivity contribution in [3.63, 3.8) is 0 Å². The van der Waals surface area contributed by atoms with Crippen molar-refractivity contribution >= 4 is 5.97 Å². The Labute approximate surface area is 186 Å². The predicted molar refractivity (Wildman–Crippen MR) is 131 cm³/mol. The highest BCUT2D eigenvalue weighted by Crippen LogP contribution is 2.13. The number of benzene rings is 2. The van der Waals surface area contributed by atoms with Gasteiger partial charge in [0.25, 0.3) is 0 Å². The van der Waals surface area contributed by atoms with Gasteiger partial charge in [-0.1, -0.05) is 111 Å². The van der Waals surface area contributed by atoms with Gasteiger partial charge in [-0.05, 0) is 46.5 Å². The number of esters is 1. The van der Waals surface area contributed by atoms with E-state index in [0.29, 0.717) is 18.9 Å². The Morgan fingerprint density at radius 1 is 0.800 bits per heavy atom. The molecular weight excluding hydrogens is 368 g/mol. The third kappa shape index (κ3) is 15.8. The molecule has 168 valence electrons. The Kier molecular flexibility index (Phi) is 16.5. The fourth-order valence-electron chi connectivity index (χ4n) is 2.83. The molecule has 2 aromatic rings. The molecule has 0 heterocycles. The average Bonchev–Trinajstić information content (AvgIpc) is 2.71. The second-order valence-electron chi connectivity index (χ2n) is 8.16. The van der Waals surface area contributed by atoms with Crippen molar-refractivity contribution in [3.8, 4) is 0 Å². The minimum atomic E-state index is -0.0394. The number of unbranched alkanes of at least 4 members (excludes halogenated alkanes) is 1. The first-order valence-electron chi connectivity index (χ1n) is 11.5. The van der Waals surface area contributed by atoms with E-state index in [1.165, 1.54) is 41.5 Å². The van der Waals surface area contributed by atoms with Gasteiger partial charge in [0.1, 0.15) is 0 Å². The molecule has 0 saturated heterocycles. The summed E-state index contributed by atoms with van der Waals surface area (Å²) in [4.78, 5) is 11.1. The van der Waals surface area contributed by atoms with Crippen molar-refractivity contribution in [2.24, 2.45) is 5.92 Å². The first-order chi connectivity index (χ1) is 14.3. The molecule has 0 aliphatic carbocycles. The molecule has 30 heavy (non-hydrogen) atoms. The molecule has 0 aliphatic heterocycles. The van der Waals surface area contributed by atoms with E-state index < -0.39 is 0 Å². The van der Waals surface area contributed by atoms with Gasteiger partial charge >= 0.3 is 5.97 Å². The number of rotatable bonds is 8. The minimum Gasteiger partial charge on any atom is -0.465 e. The maximum atomic E-state index is 11.1. The van der Waals surface area contributed by atoms with E-state index in [9.17, 15) is 4.79 Å². The Balaban J connectivity index is 0.000000447. The molecule has 0 amide bonds. The Bertz CT molecular complexity index is 635. The maximum Gasteiger partial charge on any atom is 0.305 e. The van der Waals surface area contributed by atoms with Gasteiger partial charge in [-0.3, -0.25) is 4.79 Å². The molecule has 0 N–H and O–H groups in total. The fraction of sp³-hybridized carbons (Fsp3) is 0.536. The van der Waals surface area contributed by atoms with E-state index in [0.717, 1.165) is 12.8 Å².